The summed E-state index contributed by atoms with van der Waals surface area (Å²) < 4.78 is 5.77. The second kappa shape index (κ2) is 7.36. The number of carbonyl (C=O) groups excluding carboxylic acids is 2. The van der Waals surface area contributed by atoms with Crippen LogP contribution in [0.1, 0.15) is 39.5 Å². The van der Waals surface area contributed by atoms with Crippen LogP contribution in [-0.4, -0.2) is 42.5 Å². The Kier molecular flexibility index (Phi) is 6.12. The van der Waals surface area contributed by atoms with Crippen LogP contribution in [0, 0.1) is 5.92 Å². The van der Waals surface area contributed by atoms with E-state index in [0.717, 1.165) is 25.9 Å². The number of ether oxygens (including phenoxy) is 1. The van der Waals surface area contributed by atoms with Crippen molar-refractivity contribution in [2.24, 2.45) is 11.7 Å². The molecule has 0 saturated carbocycles. The molecule has 0 aromatic rings. The maximum atomic E-state index is 11.6. The number of likely N-dealkylation sites (tertiary alicyclic amines) is 1. The lowest BCUT2D eigenvalue weighted by molar-refractivity contribution is -0.137. The Labute approximate surface area is 109 Å². The summed E-state index contributed by atoms with van der Waals surface area (Å²) in [7, 11) is 0. The van der Waals surface area contributed by atoms with Gasteiger partial charge in [0.1, 0.15) is 6.42 Å². The Balaban J connectivity index is 2.20. The van der Waals surface area contributed by atoms with Crippen LogP contribution in [-0.2, 0) is 14.3 Å². The lowest BCUT2D eigenvalue weighted by Gasteiger charge is -2.31. The molecule has 1 aliphatic rings. The summed E-state index contributed by atoms with van der Waals surface area (Å²) in [6.07, 6.45) is 2.84. The second-order valence-corrected chi connectivity index (χ2v) is 5.28. The van der Waals surface area contributed by atoms with Crippen molar-refractivity contribution >= 4 is 11.8 Å². The summed E-state index contributed by atoms with van der Waals surface area (Å²) in [6, 6.07) is 0. The average molecular weight is 256 g/mol. The summed E-state index contributed by atoms with van der Waals surface area (Å²) in [5.41, 5.74) is 5.01. The lowest BCUT2D eigenvalue weighted by Crippen LogP contribution is -2.42. The van der Waals surface area contributed by atoms with Crippen LogP contribution < -0.4 is 5.73 Å². The van der Waals surface area contributed by atoms with Crippen molar-refractivity contribution in [3.63, 3.8) is 0 Å². The molecule has 2 N–H and O–H groups in total. The molecule has 1 saturated heterocycles. The third kappa shape index (κ3) is 5.49. The molecule has 0 unspecified atom stereocenters. The Morgan fingerprint density at radius 1 is 1.33 bits per heavy atom. The van der Waals surface area contributed by atoms with Gasteiger partial charge in [0.15, 0.2) is 0 Å². The number of nitrogens with two attached hydrogens (primary N) is 1. The van der Waals surface area contributed by atoms with Gasteiger partial charge in [-0.15, -0.1) is 0 Å². The maximum absolute atomic E-state index is 11.6. The van der Waals surface area contributed by atoms with Crippen LogP contribution >= 0.6 is 0 Å². The highest BCUT2D eigenvalue weighted by Gasteiger charge is 2.23. The molecule has 0 spiro atoms. The summed E-state index contributed by atoms with van der Waals surface area (Å²) in [5, 5.41) is 0. The molecule has 0 radical (unpaired) electrons. The minimum Gasteiger partial charge on any atom is -0.378 e. The second-order valence-electron chi connectivity index (χ2n) is 5.28. The fourth-order valence-electron chi connectivity index (χ4n) is 2.00. The average Bonchev–Trinajstić information content (AvgIpc) is 2.28. The first-order valence-electron chi connectivity index (χ1n) is 6.66. The molecule has 1 fully saturated rings. The number of nitrogens with zero attached hydrogens (tertiary/aromatic N) is 1. The molecule has 0 aromatic carbocycles. The normalized spacial score (nSPS) is 17.2. The number of rotatable bonds is 6. The van der Waals surface area contributed by atoms with Gasteiger partial charge in [0.25, 0.3) is 0 Å². The van der Waals surface area contributed by atoms with E-state index in [-0.39, 0.29) is 18.4 Å². The molecule has 2 amide bonds. The molecule has 0 aliphatic carbocycles. The zero-order valence-corrected chi connectivity index (χ0v) is 11.4. The first-order valence-corrected chi connectivity index (χ1v) is 6.66. The topological polar surface area (TPSA) is 72.6 Å². The summed E-state index contributed by atoms with van der Waals surface area (Å²) in [6.45, 7) is 6.47. The fraction of sp³-hybridized carbons (Fsp3) is 0.846. The Bertz CT molecular complexity index is 284. The largest absolute Gasteiger partial charge is 0.378 e. The Morgan fingerprint density at radius 2 is 1.94 bits per heavy atom. The van der Waals surface area contributed by atoms with Crippen LogP contribution in [0.5, 0.6) is 0 Å². The van der Waals surface area contributed by atoms with Gasteiger partial charge >= 0.3 is 0 Å². The van der Waals surface area contributed by atoms with Crippen LogP contribution in [0.2, 0.25) is 0 Å². The predicted molar refractivity (Wildman–Crippen MR) is 68.8 cm³/mol. The first-order chi connectivity index (χ1) is 8.49. The van der Waals surface area contributed by atoms with E-state index in [2.05, 4.69) is 13.8 Å². The Hall–Kier alpha value is -1.10. The van der Waals surface area contributed by atoms with Crippen molar-refractivity contribution in [1.29, 1.82) is 0 Å². The number of piperidine rings is 1. The fourth-order valence-corrected chi connectivity index (χ4v) is 2.00. The molecule has 1 heterocycles. The molecule has 0 bridgehead atoms. The summed E-state index contributed by atoms with van der Waals surface area (Å²) in [4.78, 5) is 24.0. The zero-order valence-electron chi connectivity index (χ0n) is 11.4. The minimum absolute atomic E-state index is 0.164. The number of amides is 2. The van der Waals surface area contributed by atoms with Crippen molar-refractivity contribution in [2.45, 2.75) is 45.6 Å². The van der Waals surface area contributed by atoms with E-state index < -0.39 is 5.91 Å². The third-order valence-corrected chi connectivity index (χ3v) is 3.17. The van der Waals surface area contributed by atoms with E-state index in [1.807, 2.05) is 0 Å². The molecule has 18 heavy (non-hydrogen) atoms. The monoisotopic (exact) mass is 256 g/mol. The lowest BCUT2D eigenvalue weighted by atomic mass is 10.1. The molecule has 1 aliphatic heterocycles. The predicted octanol–water partition coefficient (Wildman–Crippen LogP) is 0.915. The van der Waals surface area contributed by atoms with Crippen LogP contribution in [0.3, 0.4) is 0 Å². The van der Waals surface area contributed by atoms with Gasteiger partial charge in [-0.3, -0.25) is 9.59 Å². The van der Waals surface area contributed by atoms with Gasteiger partial charge in [0.2, 0.25) is 11.8 Å². The molecule has 1 rings (SSSR count). The quantitative estimate of drug-likeness (QED) is 0.718. The molecule has 0 atom stereocenters. The van der Waals surface area contributed by atoms with Gasteiger partial charge in [-0.25, -0.2) is 0 Å². The SMILES string of the molecule is CC(C)CCOC1CCN(C(=O)CC(N)=O)CC1. The van der Waals surface area contributed by atoms with Crippen molar-refractivity contribution in [2.75, 3.05) is 19.7 Å². The van der Waals surface area contributed by atoms with Crippen LogP contribution in [0.15, 0.2) is 0 Å². The van der Waals surface area contributed by atoms with Gasteiger partial charge < -0.3 is 15.4 Å². The van der Waals surface area contributed by atoms with E-state index in [9.17, 15) is 9.59 Å². The van der Waals surface area contributed by atoms with Crippen LogP contribution in [0.4, 0.5) is 0 Å². The number of primary amides is 1. The van der Waals surface area contributed by atoms with Crippen molar-refractivity contribution < 1.29 is 14.3 Å². The van der Waals surface area contributed by atoms with Gasteiger partial charge in [0.05, 0.1) is 6.10 Å². The van der Waals surface area contributed by atoms with Gasteiger partial charge in [-0.05, 0) is 25.2 Å². The van der Waals surface area contributed by atoms with E-state index in [4.69, 9.17) is 10.5 Å². The highest BCUT2D eigenvalue weighted by molar-refractivity contribution is 5.96. The van der Waals surface area contributed by atoms with E-state index in [1.54, 1.807) is 4.90 Å². The maximum Gasteiger partial charge on any atom is 0.231 e. The number of carbonyl (C=O) groups is 2. The van der Waals surface area contributed by atoms with E-state index in [0.29, 0.717) is 19.0 Å². The van der Waals surface area contributed by atoms with Gasteiger partial charge in [-0.2, -0.15) is 0 Å². The summed E-state index contributed by atoms with van der Waals surface area (Å²) >= 11 is 0. The van der Waals surface area contributed by atoms with E-state index in [1.165, 1.54) is 0 Å². The van der Waals surface area contributed by atoms with Gasteiger partial charge in [-0.1, -0.05) is 13.8 Å². The molecular formula is C13H24N2O3. The van der Waals surface area contributed by atoms with Crippen molar-refractivity contribution in [1.82, 2.24) is 4.90 Å². The molecule has 5 nitrogen and oxygen atoms in total. The molecule has 0 aromatic heterocycles. The van der Waals surface area contributed by atoms with E-state index >= 15 is 0 Å². The van der Waals surface area contributed by atoms with Gasteiger partial charge in [0, 0.05) is 19.7 Å². The van der Waals surface area contributed by atoms with Crippen molar-refractivity contribution in [3.8, 4) is 0 Å². The zero-order chi connectivity index (χ0) is 13.5. The molecule has 5 heteroatoms. The number of hydrogen-bond acceptors (Lipinski definition) is 3. The highest BCUT2D eigenvalue weighted by Crippen LogP contribution is 2.15. The van der Waals surface area contributed by atoms with Crippen molar-refractivity contribution in [3.05, 3.63) is 0 Å². The highest BCUT2D eigenvalue weighted by atomic mass is 16.5. The number of hydrogen-bond donors (Lipinski definition) is 1. The summed E-state index contributed by atoms with van der Waals surface area (Å²) in [5.74, 6) is -0.0688. The minimum atomic E-state index is -0.560. The Morgan fingerprint density at radius 3 is 2.44 bits per heavy atom. The molecule has 104 valence electrons. The standard InChI is InChI=1S/C13H24N2O3/c1-10(2)5-8-18-11-3-6-15(7-4-11)13(17)9-12(14)16/h10-11H,3-9H2,1-2H3,(H2,14,16). The smallest absolute Gasteiger partial charge is 0.231 e. The van der Waals surface area contributed by atoms with Crippen LogP contribution in [0.25, 0.3) is 0 Å². The third-order valence-electron chi connectivity index (χ3n) is 3.17. The molecular weight excluding hydrogens is 232 g/mol. The first kappa shape index (κ1) is 15.0.